The number of nitrogens with one attached hydrogen (secondary N) is 1. The number of anilines is 1. The van der Waals surface area contributed by atoms with Crippen molar-refractivity contribution in [2.75, 3.05) is 12.4 Å². The van der Waals surface area contributed by atoms with Crippen LogP contribution in [0, 0.1) is 0 Å². The molecular formula is C13H13N5O. The number of fused-ring (bicyclic) bond motifs is 1. The van der Waals surface area contributed by atoms with Gasteiger partial charge < -0.3 is 5.32 Å². The van der Waals surface area contributed by atoms with E-state index in [1.54, 1.807) is 24.5 Å². The minimum absolute atomic E-state index is 0.160. The van der Waals surface area contributed by atoms with Gasteiger partial charge in [0.15, 0.2) is 5.65 Å². The van der Waals surface area contributed by atoms with Gasteiger partial charge in [0.25, 0.3) is 0 Å². The molecule has 1 N–H and O–H groups in total. The van der Waals surface area contributed by atoms with Crippen molar-refractivity contribution >= 4 is 11.3 Å². The maximum absolute atomic E-state index is 12.1. The third-order valence-corrected chi connectivity index (χ3v) is 2.91. The lowest BCUT2D eigenvalue weighted by atomic mass is 10.3. The van der Waals surface area contributed by atoms with Crippen molar-refractivity contribution in [3.8, 4) is 0 Å². The predicted molar refractivity (Wildman–Crippen MR) is 72.3 cm³/mol. The third kappa shape index (κ3) is 2.08. The Balaban J connectivity index is 2.01. The van der Waals surface area contributed by atoms with E-state index in [-0.39, 0.29) is 5.69 Å². The molecule has 0 saturated heterocycles. The van der Waals surface area contributed by atoms with Gasteiger partial charge in [0, 0.05) is 25.1 Å². The van der Waals surface area contributed by atoms with Crippen molar-refractivity contribution in [1.29, 1.82) is 0 Å². The van der Waals surface area contributed by atoms with Gasteiger partial charge in [0.05, 0.1) is 12.2 Å². The van der Waals surface area contributed by atoms with Gasteiger partial charge in [0.1, 0.15) is 0 Å². The lowest BCUT2D eigenvalue weighted by Gasteiger charge is -2.02. The van der Waals surface area contributed by atoms with Crippen molar-refractivity contribution in [2.24, 2.45) is 0 Å². The van der Waals surface area contributed by atoms with Gasteiger partial charge in [-0.1, -0.05) is 6.07 Å². The first-order valence-corrected chi connectivity index (χ1v) is 5.95. The third-order valence-electron chi connectivity index (χ3n) is 2.91. The highest BCUT2D eigenvalue weighted by Gasteiger charge is 2.07. The minimum atomic E-state index is -0.160. The number of rotatable bonds is 3. The van der Waals surface area contributed by atoms with Crippen molar-refractivity contribution in [3.63, 3.8) is 0 Å². The molecule has 3 heterocycles. The molecule has 0 aliphatic rings. The molecule has 0 radical (unpaired) electrons. The Kier molecular flexibility index (Phi) is 2.75. The maximum Gasteiger partial charge on any atom is 0.350 e. The number of pyridine rings is 2. The molecule has 0 fully saturated rings. The summed E-state index contributed by atoms with van der Waals surface area (Å²) < 4.78 is 2.93. The second-order valence-corrected chi connectivity index (χ2v) is 4.15. The average molecular weight is 255 g/mol. The minimum Gasteiger partial charge on any atom is -0.388 e. The molecule has 0 aliphatic carbocycles. The van der Waals surface area contributed by atoms with Crippen LogP contribution in [0.1, 0.15) is 5.69 Å². The fourth-order valence-electron chi connectivity index (χ4n) is 1.94. The van der Waals surface area contributed by atoms with E-state index in [1.165, 1.54) is 9.08 Å². The van der Waals surface area contributed by atoms with E-state index >= 15 is 0 Å². The molecule has 3 aromatic rings. The first kappa shape index (κ1) is 11.5. The second-order valence-electron chi connectivity index (χ2n) is 4.15. The highest BCUT2D eigenvalue weighted by molar-refractivity contribution is 5.42. The Bertz CT molecular complexity index is 774. The van der Waals surface area contributed by atoms with E-state index in [9.17, 15) is 4.79 Å². The molecule has 0 unspecified atom stereocenters. The quantitative estimate of drug-likeness (QED) is 0.757. The number of hydrogen-bond acceptors (Lipinski definition) is 4. The molecule has 0 atom stereocenters. The fraction of sp³-hybridized carbons (Fsp3) is 0.154. The summed E-state index contributed by atoms with van der Waals surface area (Å²) in [5, 5.41) is 7.31. The van der Waals surface area contributed by atoms with Gasteiger partial charge in [-0.3, -0.25) is 9.38 Å². The molecule has 0 saturated carbocycles. The molecular weight excluding hydrogens is 242 g/mol. The first-order chi connectivity index (χ1) is 9.28. The monoisotopic (exact) mass is 255 g/mol. The molecule has 0 aliphatic heterocycles. The standard InChI is InChI=1S/C13H13N5O/c1-14-10-5-6-15-11(8-10)9-18-13(19)17-7-3-2-4-12(17)16-18/h2-8H,9H2,1H3,(H,14,15). The summed E-state index contributed by atoms with van der Waals surface area (Å²) in [6.07, 6.45) is 3.42. The van der Waals surface area contributed by atoms with Crippen molar-refractivity contribution in [2.45, 2.75) is 6.54 Å². The fourth-order valence-corrected chi connectivity index (χ4v) is 1.94. The highest BCUT2D eigenvalue weighted by Crippen LogP contribution is 2.07. The lowest BCUT2D eigenvalue weighted by molar-refractivity contribution is 0.646. The molecule has 0 amide bonds. The molecule has 6 heteroatoms. The van der Waals surface area contributed by atoms with E-state index in [0.717, 1.165) is 11.4 Å². The summed E-state index contributed by atoms with van der Waals surface area (Å²) in [4.78, 5) is 16.4. The molecule has 3 rings (SSSR count). The Labute approximate surface area is 109 Å². The van der Waals surface area contributed by atoms with Crippen LogP contribution in [0.4, 0.5) is 5.69 Å². The lowest BCUT2D eigenvalue weighted by Crippen LogP contribution is -2.22. The second kappa shape index (κ2) is 4.56. The number of nitrogens with zero attached hydrogens (tertiary/aromatic N) is 4. The van der Waals surface area contributed by atoms with Crippen LogP contribution in [0.3, 0.4) is 0 Å². The molecule has 19 heavy (non-hydrogen) atoms. The van der Waals surface area contributed by atoms with Gasteiger partial charge in [-0.05, 0) is 24.3 Å². The number of aromatic nitrogens is 4. The van der Waals surface area contributed by atoms with E-state index in [0.29, 0.717) is 12.2 Å². The SMILES string of the molecule is CNc1ccnc(Cn2nc3ccccn3c2=O)c1. The Morgan fingerprint density at radius 2 is 2.21 bits per heavy atom. The Morgan fingerprint density at radius 1 is 1.32 bits per heavy atom. The molecule has 0 spiro atoms. The normalized spacial score (nSPS) is 10.8. The van der Waals surface area contributed by atoms with Crippen LogP contribution in [0.2, 0.25) is 0 Å². The smallest absolute Gasteiger partial charge is 0.350 e. The predicted octanol–water partition coefficient (Wildman–Crippen LogP) is 0.981. The zero-order valence-electron chi connectivity index (χ0n) is 10.4. The van der Waals surface area contributed by atoms with Gasteiger partial charge in [-0.2, -0.15) is 0 Å². The van der Waals surface area contributed by atoms with Crippen LogP contribution >= 0.6 is 0 Å². The van der Waals surface area contributed by atoms with E-state index in [1.807, 2.05) is 25.2 Å². The van der Waals surface area contributed by atoms with Crippen LogP contribution in [0.15, 0.2) is 47.5 Å². The zero-order chi connectivity index (χ0) is 13.2. The van der Waals surface area contributed by atoms with Crippen LogP contribution in [0.25, 0.3) is 5.65 Å². The summed E-state index contributed by atoms with van der Waals surface area (Å²) in [6.45, 7) is 0.357. The largest absolute Gasteiger partial charge is 0.388 e. The van der Waals surface area contributed by atoms with Crippen LogP contribution in [-0.4, -0.2) is 26.2 Å². The van der Waals surface area contributed by atoms with Gasteiger partial charge >= 0.3 is 5.69 Å². The summed E-state index contributed by atoms with van der Waals surface area (Å²) in [5.41, 5.74) is 2.23. The molecule has 0 bridgehead atoms. The summed E-state index contributed by atoms with van der Waals surface area (Å²) in [5.74, 6) is 0. The van der Waals surface area contributed by atoms with Crippen molar-refractivity contribution in [1.82, 2.24) is 19.2 Å². The number of hydrogen-bond donors (Lipinski definition) is 1. The van der Waals surface area contributed by atoms with Crippen LogP contribution in [-0.2, 0) is 6.54 Å². The van der Waals surface area contributed by atoms with E-state index < -0.39 is 0 Å². The van der Waals surface area contributed by atoms with Gasteiger partial charge in [0.2, 0.25) is 0 Å². The first-order valence-electron chi connectivity index (χ1n) is 5.95. The van der Waals surface area contributed by atoms with Crippen molar-refractivity contribution < 1.29 is 0 Å². The summed E-state index contributed by atoms with van der Waals surface area (Å²) in [6, 6.07) is 9.23. The molecule has 0 aromatic carbocycles. The van der Waals surface area contributed by atoms with Crippen LogP contribution < -0.4 is 11.0 Å². The van der Waals surface area contributed by atoms with Crippen LogP contribution in [0.5, 0.6) is 0 Å². The molecule has 6 nitrogen and oxygen atoms in total. The maximum atomic E-state index is 12.1. The van der Waals surface area contributed by atoms with E-state index in [2.05, 4.69) is 15.4 Å². The topological polar surface area (TPSA) is 64.2 Å². The summed E-state index contributed by atoms with van der Waals surface area (Å²) >= 11 is 0. The molecule has 3 aromatic heterocycles. The van der Waals surface area contributed by atoms with Crippen molar-refractivity contribution in [3.05, 3.63) is 58.9 Å². The average Bonchev–Trinajstić information content (AvgIpc) is 2.76. The summed E-state index contributed by atoms with van der Waals surface area (Å²) in [7, 11) is 1.84. The van der Waals surface area contributed by atoms with Gasteiger partial charge in [-0.15, -0.1) is 5.10 Å². The zero-order valence-corrected chi connectivity index (χ0v) is 10.4. The Morgan fingerprint density at radius 3 is 3.00 bits per heavy atom. The van der Waals surface area contributed by atoms with Gasteiger partial charge in [-0.25, -0.2) is 9.48 Å². The van der Waals surface area contributed by atoms with E-state index in [4.69, 9.17) is 0 Å². The Hall–Kier alpha value is -2.63. The molecule has 96 valence electrons. The highest BCUT2D eigenvalue weighted by atomic mass is 16.2.